The maximum absolute atomic E-state index is 12.5. The summed E-state index contributed by atoms with van der Waals surface area (Å²) in [7, 11) is 0. The van der Waals surface area contributed by atoms with Crippen molar-refractivity contribution in [2.45, 2.75) is 51.9 Å². The highest BCUT2D eigenvalue weighted by molar-refractivity contribution is 5.93. The first-order valence-electron chi connectivity index (χ1n) is 9.63. The average molecular weight is 343 g/mol. The highest BCUT2D eigenvalue weighted by Gasteiger charge is 2.23. The van der Waals surface area contributed by atoms with Crippen molar-refractivity contribution in [3.63, 3.8) is 0 Å². The Bertz CT molecular complexity index is 585. The zero-order valence-corrected chi connectivity index (χ0v) is 15.2. The van der Waals surface area contributed by atoms with Gasteiger partial charge < -0.3 is 9.80 Å². The van der Waals surface area contributed by atoms with Gasteiger partial charge in [0.1, 0.15) is 5.82 Å². The van der Waals surface area contributed by atoms with E-state index in [4.69, 9.17) is 0 Å². The van der Waals surface area contributed by atoms with Crippen LogP contribution in [-0.4, -0.2) is 47.8 Å². The molecule has 0 unspecified atom stereocenters. The summed E-state index contributed by atoms with van der Waals surface area (Å²) in [5.74, 6) is 2.00. The van der Waals surface area contributed by atoms with Gasteiger partial charge in [-0.15, -0.1) is 0 Å². The summed E-state index contributed by atoms with van der Waals surface area (Å²) >= 11 is 0. The molecule has 5 nitrogen and oxygen atoms in total. The van der Waals surface area contributed by atoms with Crippen LogP contribution in [0.2, 0.25) is 0 Å². The molecule has 3 rings (SSSR count). The Kier molecular flexibility index (Phi) is 6.05. The molecule has 1 aromatic rings. The van der Waals surface area contributed by atoms with Crippen molar-refractivity contribution in [2.75, 3.05) is 31.1 Å². The summed E-state index contributed by atoms with van der Waals surface area (Å²) in [6.45, 7) is 4.69. The summed E-state index contributed by atoms with van der Waals surface area (Å²) in [4.78, 5) is 32.4. The van der Waals surface area contributed by atoms with Gasteiger partial charge in [-0.3, -0.25) is 9.59 Å². The number of hydrogen-bond donors (Lipinski definition) is 0. The normalized spacial score (nSPS) is 19.1. The van der Waals surface area contributed by atoms with E-state index in [9.17, 15) is 9.59 Å². The highest BCUT2D eigenvalue weighted by atomic mass is 16.2. The predicted molar refractivity (Wildman–Crippen MR) is 98.8 cm³/mol. The average Bonchev–Trinajstić information content (AvgIpc) is 2.67. The molecule has 2 aliphatic rings. The van der Waals surface area contributed by atoms with Crippen molar-refractivity contribution in [3.8, 4) is 0 Å². The maximum Gasteiger partial charge on any atom is 0.222 e. The van der Waals surface area contributed by atoms with Crippen LogP contribution in [-0.2, 0) is 4.79 Å². The molecule has 0 atom stereocenters. The SMILES string of the molecule is CC(=O)c1ccc(N2CCN(C(=O)CCC3CCCCC3)CC2)nc1. The van der Waals surface area contributed by atoms with Crippen LogP contribution in [0.25, 0.3) is 0 Å². The van der Waals surface area contributed by atoms with Crippen LogP contribution in [0.15, 0.2) is 18.3 Å². The smallest absolute Gasteiger partial charge is 0.222 e. The Morgan fingerprint density at radius 2 is 1.80 bits per heavy atom. The fraction of sp³-hybridized carbons (Fsp3) is 0.650. The lowest BCUT2D eigenvalue weighted by atomic mass is 9.86. The molecule has 136 valence electrons. The minimum absolute atomic E-state index is 0.0347. The van der Waals surface area contributed by atoms with Crippen LogP contribution < -0.4 is 4.90 Å². The molecular weight excluding hydrogens is 314 g/mol. The number of amides is 1. The number of pyridine rings is 1. The Morgan fingerprint density at radius 1 is 1.08 bits per heavy atom. The van der Waals surface area contributed by atoms with Gasteiger partial charge in [-0.2, -0.15) is 0 Å². The van der Waals surface area contributed by atoms with Gasteiger partial charge in [0, 0.05) is 44.4 Å². The molecule has 25 heavy (non-hydrogen) atoms. The van der Waals surface area contributed by atoms with Gasteiger partial charge in [0.15, 0.2) is 5.78 Å². The van der Waals surface area contributed by atoms with Crippen molar-refractivity contribution >= 4 is 17.5 Å². The molecule has 1 aromatic heterocycles. The van der Waals surface area contributed by atoms with Gasteiger partial charge in [-0.25, -0.2) is 4.98 Å². The predicted octanol–water partition coefficient (Wildman–Crippen LogP) is 3.29. The maximum atomic E-state index is 12.5. The van der Waals surface area contributed by atoms with E-state index in [-0.39, 0.29) is 5.78 Å². The molecule has 2 heterocycles. The van der Waals surface area contributed by atoms with Crippen molar-refractivity contribution in [3.05, 3.63) is 23.9 Å². The molecule has 1 saturated carbocycles. The first-order valence-corrected chi connectivity index (χ1v) is 9.63. The van der Waals surface area contributed by atoms with Gasteiger partial charge >= 0.3 is 0 Å². The monoisotopic (exact) mass is 343 g/mol. The van der Waals surface area contributed by atoms with E-state index in [0.717, 1.165) is 44.3 Å². The molecule has 1 amide bonds. The standard InChI is InChI=1S/C20H29N3O2/c1-16(24)18-8-9-19(21-15-18)22-11-13-23(14-12-22)20(25)10-7-17-5-3-2-4-6-17/h8-9,15,17H,2-7,10-14H2,1H3. The topological polar surface area (TPSA) is 53.5 Å². The Morgan fingerprint density at radius 3 is 2.40 bits per heavy atom. The fourth-order valence-electron chi connectivity index (χ4n) is 3.93. The summed E-state index contributed by atoms with van der Waals surface area (Å²) < 4.78 is 0. The highest BCUT2D eigenvalue weighted by Crippen LogP contribution is 2.27. The number of carbonyl (C=O) groups excluding carboxylic acids is 2. The summed E-state index contributed by atoms with van der Waals surface area (Å²) in [5.41, 5.74) is 0.639. The lowest BCUT2D eigenvalue weighted by Crippen LogP contribution is -2.49. The van der Waals surface area contributed by atoms with Crippen LogP contribution in [0.1, 0.15) is 62.2 Å². The fourth-order valence-corrected chi connectivity index (χ4v) is 3.93. The van der Waals surface area contributed by atoms with Crippen molar-refractivity contribution in [1.82, 2.24) is 9.88 Å². The molecule has 5 heteroatoms. The van der Waals surface area contributed by atoms with E-state index < -0.39 is 0 Å². The largest absolute Gasteiger partial charge is 0.353 e. The Balaban J connectivity index is 1.44. The van der Waals surface area contributed by atoms with E-state index in [1.807, 2.05) is 17.0 Å². The third-order valence-corrected chi connectivity index (χ3v) is 5.60. The van der Waals surface area contributed by atoms with E-state index in [1.54, 1.807) is 13.1 Å². The molecule has 1 aliphatic heterocycles. The Labute approximate surface area is 150 Å². The number of rotatable bonds is 5. The van der Waals surface area contributed by atoms with Crippen LogP contribution in [0.3, 0.4) is 0 Å². The number of ketones is 1. The number of anilines is 1. The second kappa shape index (κ2) is 8.45. The number of carbonyl (C=O) groups is 2. The Hall–Kier alpha value is -1.91. The number of hydrogen-bond acceptors (Lipinski definition) is 4. The molecule has 0 radical (unpaired) electrons. The second-order valence-corrected chi connectivity index (χ2v) is 7.37. The molecule has 1 aliphatic carbocycles. The van der Waals surface area contributed by atoms with E-state index in [2.05, 4.69) is 9.88 Å². The van der Waals surface area contributed by atoms with E-state index in [0.29, 0.717) is 17.9 Å². The third-order valence-electron chi connectivity index (χ3n) is 5.60. The summed E-state index contributed by atoms with van der Waals surface area (Å²) in [5, 5.41) is 0. The van der Waals surface area contributed by atoms with Crippen molar-refractivity contribution in [2.24, 2.45) is 5.92 Å². The van der Waals surface area contributed by atoms with Crippen molar-refractivity contribution in [1.29, 1.82) is 0 Å². The van der Waals surface area contributed by atoms with E-state index >= 15 is 0 Å². The zero-order valence-electron chi connectivity index (χ0n) is 15.2. The number of piperazine rings is 1. The molecule has 0 aromatic carbocycles. The quantitative estimate of drug-likeness (QED) is 0.770. The minimum Gasteiger partial charge on any atom is -0.353 e. The molecule has 0 N–H and O–H groups in total. The van der Waals surface area contributed by atoms with Crippen LogP contribution in [0.5, 0.6) is 0 Å². The molecule has 1 saturated heterocycles. The number of nitrogens with zero attached hydrogens (tertiary/aromatic N) is 3. The molecule has 0 spiro atoms. The summed E-state index contributed by atoms with van der Waals surface area (Å²) in [6, 6.07) is 3.73. The number of aromatic nitrogens is 1. The zero-order chi connectivity index (χ0) is 17.6. The minimum atomic E-state index is 0.0347. The number of Topliss-reactive ketones (excluding diaryl/α,β-unsaturated/α-hetero) is 1. The first-order chi connectivity index (χ1) is 12.1. The van der Waals surface area contributed by atoms with Gasteiger partial charge in [0.2, 0.25) is 5.91 Å². The lowest BCUT2D eigenvalue weighted by molar-refractivity contribution is -0.131. The van der Waals surface area contributed by atoms with Gasteiger partial charge in [0.05, 0.1) is 0 Å². The van der Waals surface area contributed by atoms with Crippen LogP contribution in [0.4, 0.5) is 5.82 Å². The molecule has 2 fully saturated rings. The first kappa shape index (κ1) is 17.9. The van der Waals surface area contributed by atoms with Crippen molar-refractivity contribution < 1.29 is 9.59 Å². The lowest BCUT2D eigenvalue weighted by Gasteiger charge is -2.35. The molecule has 0 bridgehead atoms. The third kappa shape index (κ3) is 4.80. The summed E-state index contributed by atoms with van der Waals surface area (Å²) in [6.07, 6.45) is 10.1. The van der Waals surface area contributed by atoms with Crippen LogP contribution in [0, 0.1) is 5.92 Å². The van der Waals surface area contributed by atoms with Gasteiger partial charge in [0.25, 0.3) is 0 Å². The second-order valence-electron chi connectivity index (χ2n) is 7.37. The van der Waals surface area contributed by atoms with Gasteiger partial charge in [-0.05, 0) is 31.4 Å². The van der Waals surface area contributed by atoms with E-state index in [1.165, 1.54) is 32.1 Å². The van der Waals surface area contributed by atoms with Gasteiger partial charge in [-0.1, -0.05) is 32.1 Å². The van der Waals surface area contributed by atoms with Crippen LogP contribution >= 0.6 is 0 Å². The molecular formula is C20H29N3O2.